The van der Waals surface area contributed by atoms with Crippen LogP contribution in [0, 0.1) is 0 Å². The SMILES string of the molecule is CCn1ccnc(NCC(=O)NCC(=O)O)c1=O. The predicted molar refractivity (Wildman–Crippen MR) is 63.3 cm³/mol. The number of rotatable bonds is 6. The lowest BCUT2D eigenvalue weighted by Crippen LogP contribution is -2.35. The van der Waals surface area contributed by atoms with Gasteiger partial charge in [-0.1, -0.05) is 0 Å². The molecule has 0 atom stereocenters. The van der Waals surface area contributed by atoms with Gasteiger partial charge in [-0.3, -0.25) is 14.4 Å². The van der Waals surface area contributed by atoms with Crippen LogP contribution in [0.1, 0.15) is 6.92 Å². The smallest absolute Gasteiger partial charge is 0.322 e. The molecule has 0 radical (unpaired) electrons. The van der Waals surface area contributed by atoms with Crippen molar-refractivity contribution in [1.29, 1.82) is 0 Å². The number of anilines is 1. The fourth-order valence-electron chi connectivity index (χ4n) is 1.22. The molecule has 1 heterocycles. The third-order valence-electron chi connectivity index (χ3n) is 2.11. The first-order valence-electron chi connectivity index (χ1n) is 5.32. The van der Waals surface area contributed by atoms with E-state index in [0.29, 0.717) is 6.54 Å². The quantitative estimate of drug-likeness (QED) is 0.592. The summed E-state index contributed by atoms with van der Waals surface area (Å²) >= 11 is 0. The average Bonchev–Trinajstić information content (AvgIpc) is 2.35. The summed E-state index contributed by atoms with van der Waals surface area (Å²) in [5.74, 6) is -1.59. The van der Waals surface area contributed by atoms with Crippen molar-refractivity contribution in [3.05, 3.63) is 22.7 Å². The van der Waals surface area contributed by atoms with E-state index in [1.807, 2.05) is 6.92 Å². The average molecular weight is 254 g/mol. The topological polar surface area (TPSA) is 113 Å². The standard InChI is InChI=1S/C10H14N4O4/c1-2-14-4-3-11-9(10(14)18)13-5-7(15)12-6-8(16)17/h3-4H,2,5-6H2,1H3,(H,11,13)(H,12,15)(H,16,17). The number of aryl methyl sites for hydroxylation is 1. The van der Waals surface area contributed by atoms with Gasteiger partial charge in [0.1, 0.15) is 6.54 Å². The minimum atomic E-state index is -1.13. The number of nitrogens with one attached hydrogen (secondary N) is 2. The third-order valence-corrected chi connectivity index (χ3v) is 2.11. The van der Waals surface area contributed by atoms with Gasteiger partial charge in [-0.25, -0.2) is 4.98 Å². The molecule has 0 aliphatic heterocycles. The van der Waals surface area contributed by atoms with E-state index >= 15 is 0 Å². The van der Waals surface area contributed by atoms with E-state index in [0.717, 1.165) is 0 Å². The molecule has 0 fully saturated rings. The monoisotopic (exact) mass is 254 g/mol. The maximum atomic E-state index is 11.7. The van der Waals surface area contributed by atoms with Gasteiger partial charge in [0.05, 0.1) is 6.54 Å². The summed E-state index contributed by atoms with van der Waals surface area (Å²) in [7, 11) is 0. The van der Waals surface area contributed by atoms with Crippen molar-refractivity contribution in [3.8, 4) is 0 Å². The van der Waals surface area contributed by atoms with Crippen LogP contribution in [-0.4, -0.2) is 39.6 Å². The lowest BCUT2D eigenvalue weighted by atomic mass is 10.5. The molecule has 0 spiro atoms. The summed E-state index contributed by atoms with van der Waals surface area (Å²) in [5.41, 5.74) is -0.328. The minimum Gasteiger partial charge on any atom is -0.480 e. The van der Waals surface area contributed by atoms with Crippen LogP contribution in [0.5, 0.6) is 0 Å². The van der Waals surface area contributed by atoms with Gasteiger partial charge in [-0.2, -0.15) is 0 Å². The van der Waals surface area contributed by atoms with Crippen molar-refractivity contribution in [2.75, 3.05) is 18.4 Å². The zero-order valence-electron chi connectivity index (χ0n) is 9.84. The lowest BCUT2D eigenvalue weighted by molar-refractivity contribution is -0.137. The number of amides is 1. The van der Waals surface area contributed by atoms with E-state index in [2.05, 4.69) is 15.6 Å². The van der Waals surface area contributed by atoms with Crippen molar-refractivity contribution in [2.24, 2.45) is 0 Å². The predicted octanol–water partition coefficient (Wildman–Crippen LogP) is -1.12. The van der Waals surface area contributed by atoms with Crippen molar-refractivity contribution in [1.82, 2.24) is 14.9 Å². The molecule has 8 heteroatoms. The van der Waals surface area contributed by atoms with Gasteiger partial charge in [0.25, 0.3) is 5.56 Å². The molecule has 1 amide bonds. The normalized spacial score (nSPS) is 9.83. The van der Waals surface area contributed by atoms with Crippen LogP contribution in [0.25, 0.3) is 0 Å². The number of aliphatic carboxylic acids is 1. The summed E-state index contributed by atoms with van der Waals surface area (Å²) in [4.78, 5) is 36.9. The Morgan fingerprint density at radius 3 is 2.78 bits per heavy atom. The zero-order valence-corrected chi connectivity index (χ0v) is 9.84. The molecule has 0 saturated heterocycles. The number of hydrogen-bond acceptors (Lipinski definition) is 5. The van der Waals surface area contributed by atoms with Crippen LogP contribution < -0.4 is 16.2 Å². The Morgan fingerprint density at radius 1 is 1.44 bits per heavy atom. The number of nitrogens with zero attached hydrogens (tertiary/aromatic N) is 2. The molecule has 1 aromatic heterocycles. The van der Waals surface area contributed by atoms with Crippen molar-refractivity contribution >= 4 is 17.7 Å². The molecule has 0 aliphatic carbocycles. The Labute approximate surface area is 103 Å². The summed E-state index contributed by atoms with van der Waals surface area (Å²) in [6.07, 6.45) is 2.99. The van der Waals surface area contributed by atoms with E-state index < -0.39 is 18.4 Å². The van der Waals surface area contributed by atoms with E-state index in [1.165, 1.54) is 17.0 Å². The van der Waals surface area contributed by atoms with Crippen LogP contribution in [-0.2, 0) is 16.1 Å². The summed E-state index contributed by atoms with van der Waals surface area (Å²) in [6, 6.07) is 0. The largest absolute Gasteiger partial charge is 0.480 e. The molecule has 0 aromatic carbocycles. The molecule has 0 bridgehead atoms. The molecule has 8 nitrogen and oxygen atoms in total. The van der Waals surface area contributed by atoms with Gasteiger partial charge in [0.2, 0.25) is 5.91 Å². The highest BCUT2D eigenvalue weighted by atomic mass is 16.4. The Morgan fingerprint density at radius 2 is 2.17 bits per heavy atom. The molecule has 98 valence electrons. The first-order chi connectivity index (χ1) is 8.54. The van der Waals surface area contributed by atoms with E-state index in [-0.39, 0.29) is 17.9 Å². The Bertz CT molecular complexity index is 497. The van der Waals surface area contributed by atoms with Gasteiger partial charge < -0.3 is 20.3 Å². The summed E-state index contributed by atoms with van der Waals surface area (Å²) in [6.45, 7) is 1.65. The van der Waals surface area contributed by atoms with E-state index in [4.69, 9.17) is 5.11 Å². The van der Waals surface area contributed by atoms with Crippen LogP contribution >= 0.6 is 0 Å². The maximum Gasteiger partial charge on any atom is 0.322 e. The third kappa shape index (κ3) is 3.89. The number of hydrogen-bond donors (Lipinski definition) is 3. The maximum absolute atomic E-state index is 11.7. The molecule has 3 N–H and O–H groups in total. The van der Waals surface area contributed by atoms with Gasteiger partial charge in [-0.15, -0.1) is 0 Å². The highest BCUT2D eigenvalue weighted by Crippen LogP contribution is 1.91. The van der Waals surface area contributed by atoms with Crippen LogP contribution in [0.2, 0.25) is 0 Å². The van der Waals surface area contributed by atoms with Crippen molar-refractivity contribution < 1.29 is 14.7 Å². The second kappa shape index (κ2) is 6.38. The minimum absolute atomic E-state index is 0.0600. The number of carboxylic acids is 1. The molecule has 1 aromatic rings. The molecular weight excluding hydrogens is 240 g/mol. The Hall–Kier alpha value is -2.38. The second-order valence-corrected chi connectivity index (χ2v) is 3.39. The van der Waals surface area contributed by atoms with Gasteiger partial charge in [0.15, 0.2) is 5.82 Å². The highest BCUT2D eigenvalue weighted by Gasteiger charge is 2.07. The zero-order chi connectivity index (χ0) is 13.5. The fraction of sp³-hybridized carbons (Fsp3) is 0.400. The molecular formula is C10H14N4O4. The highest BCUT2D eigenvalue weighted by molar-refractivity contribution is 5.84. The van der Waals surface area contributed by atoms with Crippen LogP contribution in [0.3, 0.4) is 0 Å². The lowest BCUT2D eigenvalue weighted by Gasteiger charge is -2.07. The van der Waals surface area contributed by atoms with Crippen LogP contribution in [0.4, 0.5) is 5.82 Å². The molecule has 1 rings (SSSR count). The first-order valence-corrected chi connectivity index (χ1v) is 5.32. The Kier molecular flexibility index (Phi) is 4.85. The first kappa shape index (κ1) is 13.7. The van der Waals surface area contributed by atoms with Crippen LogP contribution in [0.15, 0.2) is 17.2 Å². The number of carbonyl (C=O) groups is 2. The Balaban J connectivity index is 2.56. The van der Waals surface area contributed by atoms with Gasteiger partial charge in [0, 0.05) is 18.9 Å². The fourth-order valence-corrected chi connectivity index (χ4v) is 1.22. The van der Waals surface area contributed by atoms with E-state index in [1.54, 1.807) is 0 Å². The molecule has 0 aliphatic rings. The van der Waals surface area contributed by atoms with Crippen molar-refractivity contribution in [3.63, 3.8) is 0 Å². The number of carboxylic acid groups (broad SMARTS) is 1. The summed E-state index contributed by atoms with van der Waals surface area (Å²) < 4.78 is 1.44. The van der Waals surface area contributed by atoms with Crippen molar-refractivity contribution in [2.45, 2.75) is 13.5 Å². The molecule has 18 heavy (non-hydrogen) atoms. The molecule has 0 saturated carbocycles. The second-order valence-electron chi connectivity index (χ2n) is 3.39. The van der Waals surface area contributed by atoms with Gasteiger partial charge >= 0.3 is 5.97 Å². The number of aromatic nitrogens is 2. The number of carbonyl (C=O) groups excluding carboxylic acids is 1. The summed E-state index contributed by atoms with van der Waals surface area (Å²) in [5, 5.41) is 13.1. The molecule has 0 unspecified atom stereocenters. The van der Waals surface area contributed by atoms with Gasteiger partial charge in [-0.05, 0) is 6.92 Å². The van der Waals surface area contributed by atoms with E-state index in [9.17, 15) is 14.4 Å².